The van der Waals surface area contributed by atoms with Crippen LogP contribution in [0.25, 0.3) is 0 Å². The molecule has 0 fully saturated rings. The third-order valence-electron chi connectivity index (χ3n) is 2.12. The van der Waals surface area contributed by atoms with Crippen molar-refractivity contribution in [2.45, 2.75) is 19.9 Å². The molecular weight excluding hydrogens is 268 g/mol. The number of hydrogen-bond acceptors (Lipinski definition) is 1. The molecule has 0 bridgehead atoms. The van der Waals surface area contributed by atoms with Gasteiger partial charge in [-0.1, -0.05) is 25.4 Å². The molecule has 1 rings (SSSR count). The molecule has 0 heterocycles. The molecule has 0 aromatic heterocycles. The van der Waals surface area contributed by atoms with Gasteiger partial charge in [0.2, 0.25) is 0 Å². The Labute approximate surface area is 96.6 Å². The highest BCUT2D eigenvalue weighted by atomic mass is 79.9. The largest absolute Gasteiger partial charge is 0.324 e. The van der Waals surface area contributed by atoms with E-state index in [2.05, 4.69) is 15.9 Å². The van der Waals surface area contributed by atoms with E-state index in [9.17, 15) is 4.39 Å². The van der Waals surface area contributed by atoms with Gasteiger partial charge in [0.1, 0.15) is 5.82 Å². The second kappa shape index (κ2) is 4.60. The van der Waals surface area contributed by atoms with Crippen LogP contribution in [0.15, 0.2) is 16.6 Å². The van der Waals surface area contributed by atoms with Crippen molar-refractivity contribution >= 4 is 27.5 Å². The van der Waals surface area contributed by atoms with Gasteiger partial charge in [0.15, 0.2) is 0 Å². The van der Waals surface area contributed by atoms with E-state index >= 15 is 0 Å². The van der Waals surface area contributed by atoms with Gasteiger partial charge in [0, 0.05) is 16.1 Å². The molecule has 1 aromatic rings. The highest BCUT2D eigenvalue weighted by Gasteiger charge is 2.16. The highest BCUT2D eigenvalue weighted by molar-refractivity contribution is 9.10. The van der Waals surface area contributed by atoms with E-state index in [0.717, 1.165) is 0 Å². The molecule has 1 aromatic carbocycles. The van der Waals surface area contributed by atoms with Crippen LogP contribution in [-0.2, 0) is 0 Å². The molecule has 0 aliphatic heterocycles. The number of nitrogens with two attached hydrogens (primary N) is 1. The molecule has 4 heteroatoms. The van der Waals surface area contributed by atoms with Gasteiger partial charge in [0.25, 0.3) is 0 Å². The summed E-state index contributed by atoms with van der Waals surface area (Å²) in [5.41, 5.74) is 6.31. The molecule has 0 spiro atoms. The first kappa shape index (κ1) is 12.0. The molecule has 1 atom stereocenters. The van der Waals surface area contributed by atoms with Crippen LogP contribution < -0.4 is 5.73 Å². The van der Waals surface area contributed by atoms with Crippen LogP contribution in [0.5, 0.6) is 0 Å². The third-order valence-corrected chi connectivity index (χ3v) is 3.31. The van der Waals surface area contributed by atoms with E-state index in [-0.39, 0.29) is 17.8 Å². The monoisotopic (exact) mass is 279 g/mol. The molecule has 1 unspecified atom stereocenters. The van der Waals surface area contributed by atoms with Gasteiger partial charge in [-0.3, -0.25) is 0 Å². The van der Waals surface area contributed by atoms with Crippen molar-refractivity contribution in [3.05, 3.63) is 33.0 Å². The first-order valence-electron chi connectivity index (χ1n) is 4.33. The van der Waals surface area contributed by atoms with Gasteiger partial charge >= 0.3 is 0 Å². The van der Waals surface area contributed by atoms with Crippen LogP contribution in [0, 0.1) is 11.7 Å². The first-order chi connectivity index (χ1) is 6.43. The van der Waals surface area contributed by atoms with Crippen LogP contribution in [0.2, 0.25) is 5.02 Å². The van der Waals surface area contributed by atoms with Crippen molar-refractivity contribution in [2.24, 2.45) is 11.7 Å². The zero-order chi connectivity index (χ0) is 10.9. The Morgan fingerprint density at radius 3 is 2.50 bits per heavy atom. The average Bonchev–Trinajstić information content (AvgIpc) is 2.10. The Morgan fingerprint density at radius 1 is 1.43 bits per heavy atom. The van der Waals surface area contributed by atoms with Gasteiger partial charge in [-0.2, -0.15) is 0 Å². The molecule has 78 valence electrons. The molecule has 0 amide bonds. The summed E-state index contributed by atoms with van der Waals surface area (Å²) in [6.07, 6.45) is 0. The smallest absolute Gasteiger partial charge is 0.129 e. The highest BCUT2D eigenvalue weighted by Crippen LogP contribution is 2.30. The Bertz CT molecular complexity index is 341. The van der Waals surface area contributed by atoms with Gasteiger partial charge in [-0.15, -0.1) is 0 Å². The first-order valence-corrected chi connectivity index (χ1v) is 5.50. The maximum atomic E-state index is 13.5. The number of rotatable bonds is 2. The zero-order valence-corrected chi connectivity index (χ0v) is 10.4. The minimum atomic E-state index is -0.319. The Kier molecular flexibility index (Phi) is 3.93. The average molecular weight is 281 g/mol. The zero-order valence-electron chi connectivity index (χ0n) is 8.02. The molecule has 2 N–H and O–H groups in total. The van der Waals surface area contributed by atoms with E-state index in [1.54, 1.807) is 6.07 Å². The second-order valence-electron chi connectivity index (χ2n) is 3.56. The van der Waals surface area contributed by atoms with Crippen LogP contribution in [0.1, 0.15) is 25.5 Å². The summed E-state index contributed by atoms with van der Waals surface area (Å²) in [7, 11) is 0. The lowest BCUT2D eigenvalue weighted by atomic mass is 9.97. The minimum Gasteiger partial charge on any atom is -0.324 e. The van der Waals surface area contributed by atoms with Gasteiger partial charge in [-0.25, -0.2) is 4.39 Å². The van der Waals surface area contributed by atoms with Crippen molar-refractivity contribution < 1.29 is 4.39 Å². The summed E-state index contributed by atoms with van der Waals surface area (Å²) in [4.78, 5) is 0. The summed E-state index contributed by atoms with van der Waals surface area (Å²) in [5.74, 6) is -0.135. The predicted molar refractivity (Wildman–Crippen MR) is 60.9 cm³/mol. The maximum Gasteiger partial charge on any atom is 0.129 e. The van der Waals surface area contributed by atoms with Gasteiger partial charge in [0.05, 0.1) is 5.02 Å². The second-order valence-corrected chi connectivity index (χ2v) is 4.82. The van der Waals surface area contributed by atoms with Gasteiger partial charge < -0.3 is 5.73 Å². The van der Waals surface area contributed by atoms with Crippen molar-refractivity contribution in [1.29, 1.82) is 0 Å². The Balaban J connectivity index is 3.15. The van der Waals surface area contributed by atoms with Crippen molar-refractivity contribution in [2.75, 3.05) is 0 Å². The van der Waals surface area contributed by atoms with Crippen molar-refractivity contribution in [3.8, 4) is 0 Å². The molecule has 1 nitrogen and oxygen atoms in total. The Morgan fingerprint density at radius 2 is 2.00 bits per heavy atom. The lowest BCUT2D eigenvalue weighted by Gasteiger charge is -2.17. The van der Waals surface area contributed by atoms with Crippen LogP contribution >= 0.6 is 27.5 Å². The van der Waals surface area contributed by atoms with E-state index in [1.165, 1.54) is 6.07 Å². The third kappa shape index (κ3) is 2.47. The summed E-state index contributed by atoms with van der Waals surface area (Å²) in [5, 5.41) is 0.484. The summed E-state index contributed by atoms with van der Waals surface area (Å²) in [6, 6.07) is 2.60. The molecule has 0 radical (unpaired) electrons. The summed E-state index contributed by atoms with van der Waals surface area (Å²) < 4.78 is 14.0. The lowest BCUT2D eigenvalue weighted by molar-refractivity contribution is 0.485. The standard InChI is InChI=1S/C10H12BrClFN/c1-5(2)10(14)6-3-8(12)7(11)4-9(6)13/h3-5,10H,14H2,1-2H3. The van der Waals surface area contributed by atoms with E-state index in [4.69, 9.17) is 17.3 Å². The predicted octanol–water partition coefficient (Wildman–Crippen LogP) is 3.90. The molecule has 0 saturated carbocycles. The maximum absolute atomic E-state index is 13.5. The molecule has 0 aliphatic carbocycles. The molecular formula is C10H12BrClFN. The van der Waals surface area contributed by atoms with Crippen LogP contribution in [0.3, 0.4) is 0 Å². The molecule has 0 aliphatic rings. The van der Waals surface area contributed by atoms with E-state index in [1.807, 2.05) is 13.8 Å². The minimum absolute atomic E-state index is 0.182. The van der Waals surface area contributed by atoms with Crippen molar-refractivity contribution in [3.63, 3.8) is 0 Å². The Hall–Kier alpha value is -0.120. The van der Waals surface area contributed by atoms with E-state index < -0.39 is 0 Å². The summed E-state index contributed by atoms with van der Waals surface area (Å²) in [6.45, 7) is 3.89. The fourth-order valence-electron chi connectivity index (χ4n) is 1.15. The van der Waals surface area contributed by atoms with E-state index in [0.29, 0.717) is 15.1 Å². The fraction of sp³-hybridized carbons (Fsp3) is 0.400. The quantitative estimate of drug-likeness (QED) is 0.817. The fourth-order valence-corrected chi connectivity index (χ4v) is 1.64. The molecule has 0 saturated heterocycles. The lowest BCUT2D eigenvalue weighted by Crippen LogP contribution is -2.18. The molecule has 14 heavy (non-hydrogen) atoms. The number of halogens is 3. The van der Waals surface area contributed by atoms with Crippen LogP contribution in [0.4, 0.5) is 4.39 Å². The SMILES string of the molecule is CC(C)C(N)c1cc(Cl)c(Br)cc1F. The number of hydrogen-bond donors (Lipinski definition) is 1. The van der Waals surface area contributed by atoms with Gasteiger partial charge in [-0.05, 0) is 34.0 Å². The topological polar surface area (TPSA) is 26.0 Å². The van der Waals surface area contributed by atoms with Crippen molar-refractivity contribution in [1.82, 2.24) is 0 Å². The number of benzene rings is 1. The summed E-state index contributed by atoms with van der Waals surface area (Å²) >= 11 is 9.02. The van der Waals surface area contributed by atoms with Crippen LogP contribution in [-0.4, -0.2) is 0 Å². The normalized spacial score (nSPS) is 13.4.